The Bertz CT molecular complexity index is 763. The standard InChI is InChI=1S/C19H26ClN3O2/c1-13-9-11-21-17-16(10-12-22(13)17)18(24)23(20)19(2,3)14-5-7-15(25-4)8-6-14/h9-12,14-15H,5-8H2,1-4H3. The van der Waals surface area contributed by atoms with E-state index in [1.54, 1.807) is 19.4 Å². The average molecular weight is 364 g/mol. The summed E-state index contributed by atoms with van der Waals surface area (Å²) >= 11 is 6.57. The molecule has 0 aliphatic heterocycles. The highest BCUT2D eigenvalue weighted by Gasteiger charge is 2.40. The predicted octanol–water partition coefficient (Wildman–Crippen LogP) is 4.22. The number of carbonyl (C=O) groups is 1. The van der Waals surface area contributed by atoms with Crippen LogP contribution in [0.1, 0.15) is 55.6 Å². The largest absolute Gasteiger partial charge is 0.381 e. The van der Waals surface area contributed by atoms with Gasteiger partial charge in [-0.05, 0) is 64.5 Å². The second-order valence-corrected chi connectivity index (χ2v) is 7.80. The van der Waals surface area contributed by atoms with Crippen molar-refractivity contribution in [3.05, 3.63) is 35.8 Å². The molecule has 0 radical (unpaired) electrons. The predicted molar refractivity (Wildman–Crippen MR) is 98.8 cm³/mol. The number of halogens is 1. The Kier molecular flexibility index (Phi) is 5.07. The molecule has 2 heterocycles. The summed E-state index contributed by atoms with van der Waals surface area (Å²) in [5.41, 5.74) is 1.78. The molecule has 2 aromatic rings. The number of ether oxygens (including phenoxy) is 1. The van der Waals surface area contributed by atoms with Gasteiger partial charge in [-0.25, -0.2) is 9.40 Å². The third kappa shape index (κ3) is 3.27. The summed E-state index contributed by atoms with van der Waals surface area (Å²) in [5, 5.41) is 0. The second kappa shape index (κ2) is 6.96. The van der Waals surface area contributed by atoms with Crippen molar-refractivity contribution in [3.8, 4) is 0 Å². The van der Waals surface area contributed by atoms with Crippen LogP contribution in [-0.4, -0.2) is 38.5 Å². The lowest BCUT2D eigenvalue weighted by Gasteiger charge is -2.42. The molecule has 1 saturated carbocycles. The van der Waals surface area contributed by atoms with Crippen LogP contribution < -0.4 is 0 Å². The first-order chi connectivity index (χ1) is 11.9. The molecule has 0 bridgehead atoms. The minimum atomic E-state index is -0.435. The van der Waals surface area contributed by atoms with Gasteiger partial charge in [-0.3, -0.25) is 4.79 Å². The number of hydrogen-bond donors (Lipinski definition) is 0. The molecular weight excluding hydrogens is 338 g/mol. The lowest BCUT2D eigenvalue weighted by Crippen LogP contribution is -2.48. The first-order valence-electron chi connectivity index (χ1n) is 8.82. The van der Waals surface area contributed by atoms with Crippen LogP contribution in [0, 0.1) is 12.8 Å². The maximum atomic E-state index is 13.1. The van der Waals surface area contributed by atoms with Crippen LogP contribution in [-0.2, 0) is 4.74 Å². The Morgan fingerprint density at radius 1 is 1.32 bits per heavy atom. The van der Waals surface area contributed by atoms with Crippen LogP contribution in [0.4, 0.5) is 0 Å². The van der Waals surface area contributed by atoms with E-state index in [1.165, 1.54) is 4.42 Å². The Morgan fingerprint density at radius 2 is 2.00 bits per heavy atom. The lowest BCUT2D eigenvalue weighted by molar-refractivity contribution is 0.0249. The van der Waals surface area contributed by atoms with Crippen LogP contribution in [0.3, 0.4) is 0 Å². The van der Waals surface area contributed by atoms with Crippen molar-refractivity contribution in [2.75, 3.05) is 7.11 Å². The molecule has 25 heavy (non-hydrogen) atoms. The fourth-order valence-electron chi connectivity index (χ4n) is 3.84. The molecule has 1 aliphatic rings. The summed E-state index contributed by atoms with van der Waals surface area (Å²) in [7, 11) is 1.76. The number of amides is 1. The fraction of sp³-hybridized carbons (Fsp3) is 0.579. The molecule has 1 fully saturated rings. The van der Waals surface area contributed by atoms with Crippen LogP contribution in [0.5, 0.6) is 0 Å². The van der Waals surface area contributed by atoms with Gasteiger partial charge in [-0.2, -0.15) is 0 Å². The Morgan fingerprint density at radius 3 is 2.64 bits per heavy atom. The van der Waals surface area contributed by atoms with E-state index in [0.29, 0.717) is 23.2 Å². The molecular formula is C19H26ClN3O2. The Balaban J connectivity index is 1.82. The van der Waals surface area contributed by atoms with Gasteiger partial charge in [0.15, 0.2) is 0 Å². The van der Waals surface area contributed by atoms with Gasteiger partial charge in [0.1, 0.15) is 5.65 Å². The van der Waals surface area contributed by atoms with Gasteiger partial charge in [0.2, 0.25) is 0 Å². The zero-order valence-corrected chi connectivity index (χ0v) is 16.1. The second-order valence-electron chi connectivity index (χ2n) is 7.46. The minimum Gasteiger partial charge on any atom is -0.381 e. The van der Waals surface area contributed by atoms with E-state index >= 15 is 0 Å². The number of nitrogens with zero attached hydrogens (tertiary/aromatic N) is 3. The van der Waals surface area contributed by atoms with Crippen LogP contribution in [0.15, 0.2) is 24.5 Å². The smallest absolute Gasteiger partial charge is 0.272 e. The highest BCUT2D eigenvalue weighted by molar-refractivity contribution is 6.25. The van der Waals surface area contributed by atoms with Gasteiger partial charge in [0.25, 0.3) is 5.91 Å². The van der Waals surface area contributed by atoms with Gasteiger partial charge in [-0.1, -0.05) is 0 Å². The van der Waals surface area contributed by atoms with E-state index < -0.39 is 5.54 Å². The Hall–Kier alpha value is -1.59. The zero-order valence-electron chi connectivity index (χ0n) is 15.3. The summed E-state index contributed by atoms with van der Waals surface area (Å²) in [6.07, 6.45) is 7.96. The molecule has 1 aliphatic carbocycles. The molecule has 0 spiro atoms. The van der Waals surface area contributed by atoms with Gasteiger partial charge in [-0.15, -0.1) is 0 Å². The van der Waals surface area contributed by atoms with Gasteiger partial charge < -0.3 is 9.14 Å². The topological polar surface area (TPSA) is 46.8 Å². The van der Waals surface area contributed by atoms with Gasteiger partial charge >= 0.3 is 0 Å². The summed E-state index contributed by atoms with van der Waals surface area (Å²) in [6, 6.07) is 3.71. The van der Waals surface area contributed by atoms with E-state index in [4.69, 9.17) is 16.5 Å². The highest BCUT2D eigenvalue weighted by Crippen LogP contribution is 2.38. The molecule has 0 N–H and O–H groups in total. The lowest BCUT2D eigenvalue weighted by atomic mass is 9.75. The van der Waals surface area contributed by atoms with E-state index in [0.717, 1.165) is 31.4 Å². The van der Waals surface area contributed by atoms with Gasteiger partial charge in [0.05, 0.1) is 17.2 Å². The van der Waals surface area contributed by atoms with Crippen molar-refractivity contribution in [2.45, 2.75) is 58.1 Å². The van der Waals surface area contributed by atoms with Crippen molar-refractivity contribution < 1.29 is 9.53 Å². The molecule has 0 atom stereocenters. The van der Waals surface area contributed by atoms with Gasteiger partial charge in [0, 0.05) is 37.0 Å². The molecule has 0 aromatic carbocycles. The van der Waals surface area contributed by atoms with Crippen molar-refractivity contribution in [3.63, 3.8) is 0 Å². The average Bonchev–Trinajstić information content (AvgIpc) is 3.06. The summed E-state index contributed by atoms with van der Waals surface area (Å²) < 4.78 is 8.74. The highest BCUT2D eigenvalue weighted by atomic mass is 35.5. The van der Waals surface area contributed by atoms with E-state index in [2.05, 4.69) is 4.98 Å². The number of hydrogen-bond acceptors (Lipinski definition) is 3. The summed E-state index contributed by atoms with van der Waals surface area (Å²) in [6.45, 7) is 6.08. The molecule has 0 saturated heterocycles. The molecule has 136 valence electrons. The number of aryl methyl sites for hydroxylation is 1. The van der Waals surface area contributed by atoms with Crippen molar-refractivity contribution in [1.29, 1.82) is 0 Å². The van der Waals surface area contributed by atoms with E-state index in [1.807, 2.05) is 37.4 Å². The zero-order chi connectivity index (χ0) is 18.2. The van der Waals surface area contributed by atoms with Crippen LogP contribution in [0.25, 0.3) is 5.65 Å². The summed E-state index contributed by atoms with van der Waals surface area (Å²) in [5.74, 6) is 0.157. The molecule has 1 amide bonds. The molecule has 3 rings (SSSR count). The fourth-order valence-corrected chi connectivity index (χ4v) is 4.07. The molecule has 6 heteroatoms. The van der Waals surface area contributed by atoms with E-state index in [9.17, 15) is 4.79 Å². The monoisotopic (exact) mass is 363 g/mol. The Labute approximate surface area is 154 Å². The first-order valence-corrected chi connectivity index (χ1v) is 9.16. The van der Waals surface area contributed by atoms with Crippen molar-refractivity contribution >= 4 is 23.3 Å². The molecule has 5 nitrogen and oxygen atoms in total. The molecule has 2 aromatic heterocycles. The van der Waals surface area contributed by atoms with Crippen LogP contribution >= 0.6 is 11.8 Å². The summed E-state index contributed by atoms with van der Waals surface area (Å²) in [4.78, 5) is 17.4. The third-order valence-electron chi connectivity index (χ3n) is 5.67. The van der Waals surface area contributed by atoms with E-state index in [-0.39, 0.29) is 5.91 Å². The normalized spacial score (nSPS) is 21.5. The number of aromatic nitrogens is 2. The SMILES string of the molecule is COC1CCC(C(C)(C)N(Cl)C(=O)c2ccn3c(C)ccnc23)CC1. The third-order valence-corrected chi connectivity index (χ3v) is 6.26. The van der Waals surface area contributed by atoms with Crippen molar-refractivity contribution in [2.24, 2.45) is 5.92 Å². The van der Waals surface area contributed by atoms with Crippen molar-refractivity contribution in [1.82, 2.24) is 13.8 Å². The molecule has 0 unspecified atom stereocenters. The number of methoxy groups -OCH3 is 1. The first kappa shape index (κ1) is 18.2. The number of carbonyl (C=O) groups excluding carboxylic acids is 1. The number of rotatable bonds is 4. The number of fused-ring (bicyclic) bond motifs is 1. The van der Waals surface area contributed by atoms with Crippen LogP contribution in [0.2, 0.25) is 0 Å². The minimum absolute atomic E-state index is 0.193. The maximum absolute atomic E-state index is 13.1. The quantitative estimate of drug-likeness (QED) is 0.764. The maximum Gasteiger partial charge on any atom is 0.272 e.